The van der Waals surface area contributed by atoms with Gasteiger partial charge in [0.05, 0.1) is 29.4 Å². The predicted octanol–water partition coefficient (Wildman–Crippen LogP) is 2.59. The van der Waals surface area contributed by atoms with Crippen LogP contribution in [0, 0.1) is 5.92 Å². The van der Waals surface area contributed by atoms with Crippen molar-refractivity contribution in [1.82, 2.24) is 10.2 Å². The molecule has 10 heteroatoms. The molecule has 0 unspecified atom stereocenters. The summed E-state index contributed by atoms with van der Waals surface area (Å²) in [6.45, 7) is 5.49. The van der Waals surface area contributed by atoms with Gasteiger partial charge in [-0.2, -0.15) is 0 Å². The van der Waals surface area contributed by atoms with Gasteiger partial charge in [-0.05, 0) is 37.1 Å². The molecule has 2 N–H and O–H groups in total. The molecule has 2 aromatic rings. The molecule has 0 aromatic heterocycles. The molecular formula is C24H33N3O6S. The van der Waals surface area contributed by atoms with Gasteiger partial charge < -0.3 is 24.4 Å². The molecule has 1 aliphatic heterocycles. The lowest BCUT2D eigenvalue weighted by Gasteiger charge is -2.30. The molecule has 1 heterocycles. The van der Waals surface area contributed by atoms with Gasteiger partial charge in [0.15, 0.2) is 0 Å². The van der Waals surface area contributed by atoms with Crippen LogP contribution in [0.1, 0.15) is 24.2 Å². The molecule has 0 fully saturated rings. The summed E-state index contributed by atoms with van der Waals surface area (Å²) in [5.74, 6) is 0.698. The number of sulfonamides is 1. The molecule has 3 rings (SSSR count). The van der Waals surface area contributed by atoms with Gasteiger partial charge in [-0.15, -0.1) is 0 Å². The van der Waals surface area contributed by atoms with Gasteiger partial charge in [0, 0.05) is 45.4 Å². The van der Waals surface area contributed by atoms with E-state index in [-0.39, 0.29) is 34.6 Å². The number of carbonyl (C=O) groups is 1. The van der Waals surface area contributed by atoms with Crippen LogP contribution in [0.2, 0.25) is 0 Å². The third-order valence-electron chi connectivity index (χ3n) is 5.83. The molecule has 0 aliphatic carbocycles. The maximum Gasteiger partial charge on any atom is 0.262 e. The van der Waals surface area contributed by atoms with Crippen LogP contribution in [0.4, 0.5) is 5.69 Å². The van der Waals surface area contributed by atoms with E-state index in [1.165, 1.54) is 25.3 Å². The summed E-state index contributed by atoms with van der Waals surface area (Å²) in [7, 11) is 0.958. The average molecular weight is 492 g/mol. The second-order valence-corrected chi connectivity index (χ2v) is 10.2. The zero-order chi connectivity index (χ0) is 24.9. The fourth-order valence-corrected chi connectivity index (χ4v) is 4.79. The molecule has 9 nitrogen and oxygen atoms in total. The van der Waals surface area contributed by atoms with E-state index in [2.05, 4.69) is 17.0 Å². The van der Waals surface area contributed by atoms with E-state index in [1.807, 2.05) is 6.92 Å². The maximum absolute atomic E-state index is 13.2. The summed E-state index contributed by atoms with van der Waals surface area (Å²) in [5, 5.41) is 3.42. The maximum atomic E-state index is 13.2. The zero-order valence-corrected chi connectivity index (χ0v) is 21.0. The molecule has 0 radical (unpaired) electrons. The Morgan fingerprint density at radius 1 is 1.15 bits per heavy atom. The number of nitrogens with zero attached hydrogens (tertiary/aromatic N) is 1. The summed E-state index contributed by atoms with van der Waals surface area (Å²) in [6, 6.07) is 10.9. The highest BCUT2D eigenvalue weighted by Crippen LogP contribution is 2.28. The Morgan fingerprint density at radius 2 is 1.91 bits per heavy atom. The molecule has 2 aromatic carbocycles. The van der Waals surface area contributed by atoms with Crippen LogP contribution in [0.25, 0.3) is 0 Å². The first-order valence-electron chi connectivity index (χ1n) is 11.1. The number of nitrogens with one attached hydrogen (secondary N) is 2. The number of methoxy groups -OCH3 is 2. The number of carbonyl (C=O) groups excluding carboxylic acids is 1. The predicted molar refractivity (Wildman–Crippen MR) is 130 cm³/mol. The van der Waals surface area contributed by atoms with E-state index in [4.69, 9.17) is 14.2 Å². The smallest absolute Gasteiger partial charge is 0.262 e. The number of fused-ring (bicyclic) bond motifs is 1. The Morgan fingerprint density at radius 3 is 2.62 bits per heavy atom. The van der Waals surface area contributed by atoms with Crippen LogP contribution in [-0.2, 0) is 14.8 Å². The van der Waals surface area contributed by atoms with E-state index in [0.29, 0.717) is 36.8 Å². The third-order valence-corrected chi connectivity index (χ3v) is 7.21. The van der Waals surface area contributed by atoms with Gasteiger partial charge in [0.1, 0.15) is 18.1 Å². The van der Waals surface area contributed by atoms with Gasteiger partial charge in [-0.3, -0.25) is 9.52 Å². The van der Waals surface area contributed by atoms with Crippen LogP contribution >= 0.6 is 0 Å². The summed E-state index contributed by atoms with van der Waals surface area (Å²) in [5.41, 5.74) is 0.634. The molecule has 1 amide bonds. The fourth-order valence-electron chi connectivity index (χ4n) is 3.70. The molecule has 0 bridgehead atoms. The van der Waals surface area contributed by atoms with Crippen molar-refractivity contribution in [3.63, 3.8) is 0 Å². The number of likely N-dealkylation sites (N-methyl/N-ethyl adjacent to an activating group) is 1. The minimum atomic E-state index is -3.87. The van der Waals surface area contributed by atoms with E-state index in [9.17, 15) is 13.2 Å². The minimum Gasteiger partial charge on any atom is -0.497 e. The van der Waals surface area contributed by atoms with E-state index in [1.54, 1.807) is 43.3 Å². The minimum absolute atomic E-state index is 0.0113. The van der Waals surface area contributed by atoms with Crippen molar-refractivity contribution in [2.45, 2.75) is 30.9 Å². The van der Waals surface area contributed by atoms with Gasteiger partial charge in [0.25, 0.3) is 15.9 Å². The molecule has 0 spiro atoms. The fraction of sp³-hybridized carbons (Fsp3) is 0.458. The van der Waals surface area contributed by atoms with Gasteiger partial charge >= 0.3 is 0 Å². The highest BCUT2D eigenvalue weighted by atomic mass is 32.2. The standard InChI is InChI=1S/C24H33N3O6S/c1-16-13-25-17(2)15-33-22-11-18(9-10-21(22)24(28)27(3)14-23(16)32-5)26-34(29,30)20-8-6-7-19(12-20)31-4/h6-12,16-17,23,25-26H,13-15H2,1-5H3/t16-,17-,23+/m1/s1. The van der Waals surface area contributed by atoms with Crippen molar-refractivity contribution in [2.75, 3.05) is 45.7 Å². The van der Waals surface area contributed by atoms with Crippen molar-refractivity contribution in [1.29, 1.82) is 0 Å². The van der Waals surface area contributed by atoms with E-state index >= 15 is 0 Å². The zero-order valence-electron chi connectivity index (χ0n) is 20.2. The molecule has 0 saturated heterocycles. The largest absolute Gasteiger partial charge is 0.497 e. The van der Waals surface area contributed by atoms with Crippen molar-refractivity contribution < 1.29 is 27.4 Å². The van der Waals surface area contributed by atoms with Gasteiger partial charge in [-0.25, -0.2) is 8.42 Å². The summed E-state index contributed by atoms with van der Waals surface area (Å²) in [4.78, 5) is 14.9. The van der Waals surface area contributed by atoms with E-state index in [0.717, 1.165) is 0 Å². The lowest BCUT2D eigenvalue weighted by Crippen LogP contribution is -2.44. The molecule has 3 atom stereocenters. The number of hydrogen-bond acceptors (Lipinski definition) is 7. The SMILES string of the molecule is COc1cccc(S(=O)(=O)Nc2ccc3c(c2)OC[C@@H](C)NC[C@@H](C)[C@@H](OC)CN(C)C3=O)c1. The molecule has 1 aliphatic rings. The lowest BCUT2D eigenvalue weighted by molar-refractivity contribution is 0.0281. The highest BCUT2D eigenvalue weighted by molar-refractivity contribution is 7.92. The summed E-state index contributed by atoms with van der Waals surface area (Å²) in [6.07, 6.45) is -0.133. The monoisotopic (exact) mass is 491 g/mol. The second-order valence-electron chi connectivity index (χ2n) is 8.55. The third kappa shape index (κ3) is 6.19. The second kappa shape index (κ2) is 11.1. The number of anilines is 1. The first kappa shape index (κ1) is 25.8. The molecule has 0 saturated carbocycles. The number of rotatable bonds is 5. The highest BCUT2D eigenvalue weighted by Gasteiger charge is 2.26. The molecular weight excluding hydrogens is 458 g/mol. The van der Waals surface area contributed by atoms with Crippen LogP contribution in [0.5, 0.6) is 11.5 Å². The van der Waals surface area contributed by atoms with Crippen molar-refractivity contribution >= 4 is 21.6 Å². The number of amides is 1. The van der Waals surface area contributed by atoms with Crippen molar-refractivity contribution in [3.05, 3.63) is 48.0 Å². The summed E-state index contributed by atoms with van der Waals surface area (Å²) >= 11 is 0. The lowest BCUT2D eigenvalue weighted by atomic mass is 10.0. The Hall–Kier alpha value is -2.82. The van der Waals surface area contributed by atoms with Crippen LogP contribution in [0.15, 0.2) is 47.4 Å². The number of benzene rings is 2. The quantitative estimate of drug-likeness (QED) is 0.662. The Labute approximate surface area is 201 Å². The van der Waals surface area contributed by atoms with E-state index < -0.39 is 10.0 Å². The Balaban J connectivity index is 1.92. The first-order valence-corrected chi connectivity index (χ1v) is 12.6. The average Bonchev–Trinajstić information content (AvgIpc) is 2.83. The molecule has 34 heavy (non-hydrogen) atoms. The van der Waals surface area contributed by atoms with Crippen LogP contribution in [0.3, 0.4) is 0 Å². The van der Waals surface area contributed by atoms with Crippen LogP contribution in [-0.4, -0.2) is 72.3 Å². The van der Waals surface area contributed by atoms with Gasteiger partial charge in [-0.1, -0.05) is 13.0 Å². The summed E-state index contributed by atoms with van der Waals surface area (Å²) < 4.78 is 45.1. The molecule has 186 valence electrons. The number of ether oxygens (including phenoxy) is 3. The van der Waals surface area contributed by atoms with Crippen molar-refractivity contribution in [2.24, 2.45) is 5.92 Å². The number of hydrogen-bond donors (Lipinski definition) is 2. The normalized spacial score (nSPS) is 22.1. The topological polar surface area (TPSA) is 106 Å². The van der Waals surface area contributed by atoms with Crippen LogP contribution < -0.4 is 19.5 Å². The first-order chi connectivity index (χ1) is 16.1. The van der Waals surface area contributed by atoms with Gasteiger partial charge in [0.2, 0.25) is 0 Å². The van der Waals surface area contributed by atoms with Crippen molar-refractivity contribution in [3.8, 4) is 11.5 Å². The Kier molecular flexibility index (Phi) is 8.40. The Bertz CT molecular complexity index is 1110.